The zero-order chi connectivity index (χ0) is 18.8. The molecule has 1 aliphatic heterocycles. The molecule has 25 heavy (non-hydrogen) atoms. The maximum absolute atomic E-state index is 14.2. The molecule has 0 radical (unpaired) electrons. The molecule has 6 nitrogen and oxygen atoms in total. The lowest BCUT2D eigenvalue weighted by molar-refractivity contribution is -0.240. The van der Waals surface area contributed by atoms with Crippen LogP contribution in [-0.2, 0) is 28.5 Å². The van der Waals surface area contributed by atoms with Crippen LogP contribution in [0.4, 0.5) is 13.2 Å². The Balaban J connectivity index is 2.32. The molecular formula is C16H17F3O6. The number of hydrogen-bond acceptors (Lipinski definition) is 6. The highest BCUT2D eigenvalue weighted by Gasteiger charge is 2.74. The molecule has 4 rings (SSSR count). The van der Waals surface area contributed by atoms with Gasteiger partial charge in [0.05, 0.1) is 31.5 Å². The highest BCUT2D eigenvalue weighted by Crippen LogP contribution is 2.62. The Morgan fingerprint density at radius 2 is 1.72 bits per heavy atom. The number of alkyl halides is 3. The van der Waals surface area contributed by atoms with Crippen molar-refractivity contribution in [3.63, 3.8) is 0 Å². The van der Waals surface area contributed by atoms with Crippen molar-refractivity contribution in [3.05, 3.63) is 23.3 Å². The quantitative estimate of drug-likeness (QED) is 0.552. The van der Waals surface area contributed by atoms with Crippen LogP contribution in [0.2, 0.25) is 0 Å². The maximum atomic E-state index is 14.2. The van der Waals surface area contributed by atoms with Gasteiger partial charge in [-0.05, 0) is 13.8 Å². The molecule has 0 aromatic heterocycles. The van der Waals surface area contributed by atoms with Crippen LogP contribution >= 0.6 is 0 Å². The highest BCUT2D eigenvalue weighted by atomic mass is 19.4. The molecule has 9 heteroatoms. The van der Waals surface area contributed by atoms with Crippen molar-refractivity contribution in [2.75, 3.05) is 14.2 Å². The molecule has 3 aliphatic carbocycles. The van der Waals surface area contributed by atoms with Crippen molar-refractivity contribution in [1.82, 2.24) is 0 Å². The molecule has 1 saturated heterocycles. The standard InChI is InChI=1S/C16H17F3O6/c1-14(2)24-10-7-5-6-15(11(10)25-14,16(17,18)19)9(13(21)23-4)8(7)12(20)22-3/h5-7,10-11H,1-4H3/t7-,10-,11-,15-/m0/s1. The summed E-state index contributed by atoms with van der Waals surface area (Å²) in [5, 5.41) is 0. The lowest BCUT2D eigenvalue weighted by Gasteiger charge is -2.49. The fourth-order valence-electron chi connectivity index (χ4n) is 3.87. The second-order valence-corrected chi connectivity index (χ2v) is 6.54. The maximum Gasteiger partial charge on any atom is 0.404 e. The van der Waals surface area contributed by atoms with Gasteiger partial charge in [0.15, 0.2) is 5.79 Å². The Kier molecular flexibility index (Phi) is 3.81. The van der Waals surface area contributed by atoms with Gasteiger partial charge >= 0.3 is 18.1 Å². The fraction of sp³-hybridized carbons (Fsp3) is 0.625. The number of rotatable bonds is 2. The minimum absolute atomic E-state index is 0.406. The third-order valence-corrected chi connectivity index (χ3v) is 4.78. The number of esters is 2. The second kappa shape index (κ2) is 5.31. The van der Waals surface area contributed by atoms with Crippen molar-refractivity contribution in [2.24, 2.45) is 11.3 Å². The Labute approximate surface area is 141 Å². The van der Waals surface area contributed by atoms with E-state index in [4.69, 9.17) is 9.47 Å². The zero-order valence-electron chi connectivity index (χ0n) is 14.0. The van der Waals surface area contributed by atoms with E-state index >= 15 is 0 Å². The minimum Gasteiger partial charge on any atom is -0.466 e. The van der Waals surface area contributed by atoms with Gasteiger partial charge in [0.1, 0.15) is 11.5 Å². The lowest BCUT2D eigenvalue weighted by atomic mass is 9.58. The van der Waals surface area contributed by atoms with Crippen LogP contribution in [-0.4, -0.2) is 50.3 Å². The molecule has 0 aromatic rings. The average molecular weight is 362 g/mol. The van der Waals surface area contributed by atoms with Gasteiger partial charge in [-0.25, -0.2) is 9.59 Å². The van der Waals surface area contributed by atoms with E-state index in [0.29, 0.717) is 0 Å². The highest BCUT2D eigenvalue weighted by molar-refractivity contribution is 6.04. The molecule has 4 aliphatic rings. The Hall–Kier alpha value is -1.87. The Bertz CT molecular complexity index is 692. The van der Waals surface area contributed by atoms with E-state index < -0.39 is 58.6 Å². The molecule has 0 N–H and O–H groups in total. The summed E-state index contributed by atoms with van der Waals surface area (Å²) in [7, 11) is 1.98. The van der Waals surface area contributed by atoms with Crippen LogP contribution in [0, 0.1) is 11.3 Å². The van der Waals surface area contributed by atoms with E-state index in [0.717, 1.165) is 20.3 Å². The van der Waals surface area contributed by atoms with Crippen LogP contribution in [0.15, 0.2) is 23.3 Å². The first-order valence-corrected chi connectivity index (χ1v) is 7.53. The minimum atomic E-state index is -4.93. The van der Waals surface area contributed by atoms with Gasteiger partial charge in [0, 0.05) is 5.92 Å². The summed E-state index contributed by atoms with van der Waals surface area (Å²) in [5.74, 6) is -4.49. The third kappa shape index (κ3) is 2.25. The number of halogens is 3. The first kappa shape index (κ1) is 17.9. The second-order valence-electron chi connectivity index (χ2n) is 6.54. The summed E-state index contributed by atoms with van der Waals surface area (Å²) in [6.45, 7) is 2.95. The van der Waals surface area contributed by atoms with Crippen LogP contribution in [0.1, 0.15) is 13.8 Å². The molecule has 1 fully saturated rings. The van der Waals surface area contributed by atoms with Crippen molar-refractivity contribution in [1.29, 1.82) is 0 Å². The topological polar surface area (TPSA) is 71.1 Å². The van der Waals surface area contributed by atoms with Gasteiger partial charge in [-0.2, -0.15) is 13.2 Å². The summed E-state index contributed by atoms with van der Waals surface area (Å²) in [5.41, 5.74) is -4.06. The van der Waals surface area contributed by atoms with Crippen LogP contribution in [0.25, 0.3) is 0 Å². The molecule has 4 atom stereocenters. The Morgan fingerprint density at radius 1 is 1.12 bits per heavy atom. The van der Waals surface area contributed by atoms with Crippen molar-refractivity contribution in [3.8, 4) is 0 Å². The molecule has 2 bridgehead atoms. The summed E-state index contributed by atoms with van der Waals surface area (Å²) in [6, 6.07) is 0. The van der Waals surface area contributed by atoms with Gasteiger partial charge in [-0.1, -0.05) is 12.2 Å². The van der Waals surface area contributed by atoms with E-state index in [2.05, 4.69) is 9.47 Å². The molecule has 0 amide bonds. The number of ether oxygens (including phenoxy) is 4. The van der Waals surface area contributed by atoms with Gasteiger partial charge in [-0.3, -0.25) is 0 Å². The normalized spacial score (nSPS) is 35.6. The number of methoxy groups -OCH3 is 2. The van der Waals surface area contributed by atoms with Crippen LogP contribution in [0.5, 0.6) is 0 Å². The predicted molar refractivity (Wildman–Crippen MR) is 76.0 cm³/mol. The zero-order valence-corrected chi connectivity index (χ0v) is 14.0. The smallest absolute Gasteiger partial charge is 0.404 e. The molecule has 1 heterocycles. The number of carbonyl (C=O) groups is 2. The Morgan fingerprint density at radius 3 is 2.24 bits per heavy atom. The van der Waals surface area contributed by atoms with Crippen molar-refractivity contribution >= 4 is 11.9 Å². The summed E-state index contributed by atoms with van der Waals surface area (Å²) >= 11 is 0. The fourth-order valence-corrected chi connectivity index (χ4v) is 3.87. The first-order chi connectivity index (χ1) is 11.5. The molecule has 138 valence electrons. The van der Waals surface area contributed by atoms with E-state index in [1.807, 2.05) is 0 Å². The average Bonchev–Trinajstić information content (AvgIpc) is 2.88. The molecule has 0 aromatic carbocycles. The van der Waals surface area contributed by atoms with Gasteiger partial charge < -0.3 is 18.9 Å². The summed E-state index contributed by atoms with van der Waals surface area (Å²) in [6.07, 6.45) is -5.44. The molecule has 0 spiro atoms. The molecule has 0 saturated carbocycles. The monoisotopic (exact) mass is 362 g/mol. The van der Waals surface area contributed by atoms with Crippen LogP contribution < -0.4 is 0 Å². The SMILES string of the molecule is COC(=O)C1=C(C(=O)OC)[C@@]2(C(F)(F)F)C=C[C@@H]1[C@@H]1OC(C)(C)O[C@@H]12. The van der Waals surface area contributed by atoms with Crippen molar-refractivity contribution < 1.29 is 41.7 Å². The predicted octanol–water partition coefficient (Wildman–Crippen LogP) is 1.90. The number of carbonyl (C=O) groups excluding carboxylic acids is 2. The summed E-state index contributed by atoms with van der Waals surface area (Å²) in [4.78, 5) is 24.5. The van der Waals surface area contributed by atoms with E-state index in [-0.39, 0.29) is 0 Å². The lowest BCUT2D eigenvalue weighted by Crippen LogP contribution is -2.61. The van der Waals surface area contributed by atoms with Gasteiger partial charge in [0.2, 0.25) is 0 Å². The van der Waals surface area contributed by atoms with Crippen molar-refractivity contribution in [2.45, 2.75) is 38.0 Å². The number of hydrogen-bond donors (Lipinski definition) is 0. The van der Waals surface area contributed by atoms with Gasteiger partial charge in [0.25, 0.3) is 0 Å². The first-order valence-electron chi connectivity index (χ1n) is 7.53. The van der Waals surface area contributed by atoms with E-state index in [1.54, 1.807) is 0 Å². The van der Waals surface area contributed by atoms with Gasteiger partial charge in [-0.15, -0.1) is 0 Å². The third-order valence-electron chi connectivity index (χ3n) is 4.78. The van der Waals surface area contributed by atoms with Crippen LogP contribution in [0.3, 0.4) is 0 Å². The summed E-state index contributed by atoms with van der Waals surface area (Å²) < 4.78 is 63.0. The molecular weight excluding hydrogens is 345 g/mol. The largest absolute Gasteiger partial charge is 0.466 e. The molecule has 0 unspecified atom stereocenters. The van der Waals surface area contributed by atoms with E-state index in [9.17, 15) is 22.8 Å². The van der Waals surface area contributed by atoms with E-state index in [1.165, 1.54) is 19.9 Å².